The SMILES string of the molecule is Cc1cc(I)ccc1NC(=O)CSc1cc(C)c2cccc(C)c2n1. The van der Waals surface area contributed by atoms with Crippen molar-refractivity contribution in [2.24, 2.45) is 0 Å². The third kappa shape index (κ3) is 4.33. The number of aromatic nitrogens is 1. The number of pyridine rings is 1. The van der Waals surface area contributed by atoms with E-state index >= 15 is 0 Å². The summed E-state index contributed by atoms with van der Waals surface area (Å²) in [6.45, 7) is 6.15. The van der Waals surface area contributed by atoms with Gasteiger partial charge in [0.2, 0.25) is 5.91 Å². The van der Waals surface area contributed by atoms with E-state index in [0.717, 1.165) is 30.9 Å². The second kappa shape index (κ2) is 7.74. The predicted molar refractivity (Wildman–Crippen MR) is 114 cm³/mol. The van der Waals surface area contributed by atoms with Crippen LogP contribution < -0.4 is 5.32 Å². The molecule has 0 spiro atoms. The molecule has 0 saturated carbocycles. The molecule has 128 valence electrons. The molecular weight excluding hydrogens is 443 g/mol. The van der Waals surface area contributed by atoms with Crippen molar-refractivity contribution in [2.45, 2.75) is 25.8 Å². The summed E-state index contributed by atoms with van der Waals surface area (Å²) in [5.74, 6) is 0.327. The Labute approximate surface area is 165 Å². The van der Waals surface area contributed by atoms with Gasteiger partial charge < -0.3 is 5.32 Å². The first-order valence-electron chi connectivity index (χ1n) is 8.00. The summed E-state index contributed by atoms with van der Waals surface area (Å²) in [7, 11) is 0. The normalized spacial score (nSPS) is 10.9. The zero-order chi connectivity index (χ0) is 18.0. The molecule has 0 aliphatic rings. The minimum absolute atomic E-state index is 0.0151. The molecule has 1 aromatic heterocycles. The highest BCUT2D eigenvalue weighted by Crippen LogP contribution is 2.26. The van der Waals surface area contributed by atoms with Crippen molar-refractivity contribution in [1.82, 2.24) is 4.98 Å². The molecule has 2 aromatic carbocycles. The van der Waals surface area contributed by atoms with Crippen molar-refractivity contribution in [3.05, 3.63) is 62.7 Å². The predicted octanol–water partition coefficient (Wildman–Crippen LogP) is 5.50. The first-order chi connectivity index (χ1) is 11.9. The number of fused-ring (bicyclic) bond motifs is 1. The molecule has 0 atom stereocenters. The number of thioether (sulfide) groups is 1. The van der Waals surface area contributed by atoms with Crippen LogP contribution in [0.1, 0.15) is 16.7 Å². The second-order valence-electron chi connectivity index (χ2n) is 6.04. The standard InChI is InChI=1S/C20H19IN2OS/c1-12-5-4-6-16-13(2)10-19(23-20(12)16)25-11-18(24)22-17-8-7-15(21)9-14(17)3/h4-10H,11H2,1-3H3,(H,22,24). The maximum Gasteiger partial charge on any atom is 0.234 e. The maximum absolute atomic E-state index is 12.3. The van der Waals surface area contributed by atoms with Crippen LogP contribution in [0.3, 0.4) is 0 Å². The molecule has 1 amide bonds. The minimum atomic E-state index is -0.0151. The van der Waals surface area contributed by atoms with Crippen LogP contribution in [0.4, 0.5) is 5.69 Å². The Morgan fingerprint density at radius 2 is 1.88 bits per heavy atom. The van der Waals surface area contributed by atoms with E-state index in [4.69, 9.17) is 4.98 Å². The van der Waals surface area contributed by atoms with Gasteiger partial charge in [0.15, 0.2) is 0 Å². The van der Waals surface area contributed by atoms with E-state index in [1.807, 2.05) is 19.1 Å². The Morgan fingerprint density at radius 1 is 1.08 bits per heavy atom. The van der Waals surface area contributed by atoms with Gasteiger partial charge in [-0.3, -0.25) is 4.79 Å². The number of anilines is 1. The highest BCUT2D eigenvalue weighted by Gasteiger charge is 2.09. The fourth-order valence-electron chi connectivity index (χ4n) is 2.70. The van der Waals surface area contributed by atoms with Crippen molar-refractivity contribution in [3.63, 3.8) is 0 Å². The lowest BCUT2D eigenvalue weighted by molar-refractivity contribution is -0.113. The summed E-state index contributed by atoms with van der Waals surface area (Å²) in [6, 6.07) is 14.3. The fraction of sp³-hybridized carbons (Fsp3) is 0.200. The zero-order valence-corrected chi connectivity index (χ0v) is 17.4. The lowest BCUT2D eigenvalue weighted by Crippen LogP contribution is -2.15. The van der Waals surface area contributed by atoms with Crippen molar-refractivity contribution in [2.75, 3.05) is 11.1 Å². The Bertz CT molecular complexity index is 956. The van der Waals surface area contributed by atoms with E-state index in [-0.39, 0.29) is 5.91 Å². The molecule has 0 aliphatic heterocycles. The first kappa shape index (κ1) is 18.2. The number of amides is 1. The highest BCUT2D eigenvalue weighted by molar-refractivity contribution is 14.1. The third-order valence-electron chi connectivity index (χ3n) is 4.04. The summed E-state index contributed by atoms with van der Waals surface area (Å²) in [5.41, 5.74) is 5.29. The minimum Gasteiger partial charge on any atom is -0.325 e. The lowest BCUT2D eigenvalue weighted by atomic mass is 10.1. The maximum atomic E-state index is 12.3. The number of hydrogen-bond donors (Lipinski definition) is 1. The van der Waals surface area contributed by atoms with Gasteiger partial charge in [0, 0.05) is 14.6 Å². The van der Waals surface area contributed by atoms with E-state index in [1.165, 1.54) is 22.7 Å². The number of carbonyl (C=O) groups excluding carboxylic acids is 1. The fourth-order valence-corrected chi connectivity index (χ4v) is 4.11. The van der Waals surface area contributed by atoms with Gasteiger partial charge in [-0.05, 0) is 84.3 Å². The summed E-state index contributed by atoms with van der Waals surface area (Å²) in [5, 5.41) is 5.03. The molecule has 3 aromatic rings. The van der Waals surface area contributed by atoms with Gasteiger partial charge in [0.1, 0.15) is 0 Å². The van der Waals surface area contributed by atoms with E-state index in [1.54, 1.807) is 0 Å². The molecule has 1 N–H and O–H groups in total. The average molecular weight is 462 g/mol. The Balaban J connectivity index is 1.72. The molecule has 0 saturated heterocycles. The van der Waals surface area contributed by atoms with E-state index in [0.29, 0.717) is 5.75 Å². The van der Waals surface area contributed by atoms with Gasteiger partial charge in [-0.15, -0.1) is 0 Å². The zero-order valence-electron chi connectivity index (χ0n) is 14.4. The van der Waals surface area contributed by atoms with Gasteiger partial charge in [0.05, 0.1) is 16.3 Å². The van der Waals surface area contributed by atoms with Gasteiger partial charge in [-0.25, -0.2) is 4.98 Å². The van der Waals surface area contributed by atoms with Crippen LogP contribution in [0.2, 0.25) is 0 Å². The lowest BCUT2D eigenvalue weighted by Gasteiger charge is -2.10. The summed E-state index contributed by atoms with van der Waals surface area (Å²) in [6.07, 6.45) is 0. The number of benzene rings is 2. The highest BCUT2D eigenvalue weighted by atomic mass is 127. The van der Waals surface area contributed by atoms with Gasteiger partial charge in [0.25, 0.3) is 0 Å². The first-order valence-corrected chi connectivity index (χ1v) is 10.1. The second-order valence-corrected chi connectivity index (χ2v) is 8.29. The van der Waals surface area contributed by atoms with Crippen molar-refractivity contribution in [1.29, 1.82) is 0 Å². The number of halogens is 1. The summed E-state index contributed by atoms with van der Waals surface area (Å²) >= 11 is 3.74. The van der Waals surface area contributed by atoms with Crippen molar-refractivity contribution < 1.29 is 4.79 Å². The van der Waals surface area contributed by atoms with Gasteiger partial charge in [-0.2, -0.15) is 0 Å². The van der Waals surface area contributed by atoms with Crippen molar-refractivity contribution in [3.8, 4) is 0 Å². The molecule has 5 heteroatoms. The monoisotopic (exact) mass is 462 g/mol. The number of aryl methyl sites for hydroxylation is 3. The molecule has 3 rings (SSSR count). The number of nitrogens with one attached hydrogen (secondary N) is 1. The van der Waals surface area contributed by atoms with Gasteiger partial charge in [-0.1, -0.05) is 30.0 Å². The van der Waals surface area contributed by atoms with E-state index < -0.39 is 0 Å². The topological polar surface area (TPSA) is 42.0 Å². The largest absolute Gasteiger partial charge is 0.325 e. The molecule has 1 heterocycles. The van der Waals surface area contributed by atoms with Crippen LogP contribution in [0, 0.1) is 24.3 Å². The molecular formula is C20H19IN2OS. The molecule has 25 heavy (non-hydrogen) atoms. The number of carbonyl (C=O) groups is 1. The molecule has 0 bridgehead atoms. The number of hydrogen-bond acceptors (Lipinski definition) is 3. The molecule has 0 unspecified atom stereocenters. The molecule has 0 fully saturated rings. The van der Waals surface area contributed by atoms with Crippen LogP contribution in [-0.4, -0.2) is 16.6 Å². The number of para-hydroxylation sites is 1. The third-order valence-corrected chi connectivity index (χ3v) is 5.62. The molecule has 3 nitrogen and oxygen atoms in total. The van der Waals surface area contributed by atoms with Crippen LogP contribution in [0.5, 0.6) is 0 Å². The quantitative estimate of drug-likeness (QED) is 0.412. The van der Waals surface area contributed by atoms with Crippen LogP contribution in [-0.2, 0) is 4.79 Å². The molecule has 0 radical (unpaired) electrons. The van der Waals surface area contributed by atoms with Crippen molar-refractivity contribution >= 4 is 56.9 Å². The number of rotatable bonds is 4. The Morgan fingerprint density at radius 3 is 2.64 bits per heavy atom. The van der Waals surface area contributed by atoms with Crippen LogP contribution in [0.25, 0.3) is 10.9 Å². The Kier molecular flexibility index (Phi) is 5.64. The van der Waals surface area contributed by atoms with Gasteiger partial charge >= 0.3 is 0 Å². The Hall–Kier alpha value is -1.60. The van der Waals surface area contributed by atoms with Crippen LogP contribution in [0.15, 0.2) is 47.5 Å². The molecule has 0 aliphatic carbocycles. The van der Waals surface area contributed by atoms with E-state index in [2.05, 4.69) is 72.1 Å². The number of nitrogens with zero attached hydrogens (tertiary/aromatic N) is 1. The summed E-state index contributed by atoms with van der Waals surface area (Å²) in [4.78, 5) is 17.0. The smallest absolute Gasteiger partial charge is 0.234 e. The van der Waals surface area contributed by atoms with Crippen LogP contribution >= 0.6 is 34.4 Å². The summed E-state index contributed by atoms with van der Waals surface area (Å²) < 4.78 is 1.16. The average Bonchev–Trinajstić information content (AvgIpc) is 2.57. The van der Waals surface area contributed by atoms with E-state index in [9.17, 15) is 4.79 Å².